The molecule has 0 aliphatic heterocycles. The summed E-state index contributed by atoms with van der Waals surface area (Å²) in [4.78, 5) is 4.63. The Kier molecular flexibility index (Phi) is 8.56. The van der Waals surface area contributed by atoms with E-state index in [9.17, 15) is 0 Å². The maximum Gasteiger partial charge on any atom is 2.00 e. The van der Waals surface area contributed by atoms with Crippen LogP contribution < -0.4 is 18.9 Å². The maximum atomic E-state index is 6.33. The third-order valence-electron chi connectivity index (χ3n) is 7.84. The van der Waals surface area contributed by atoms with Crippen LogP contribution in [0.3, 0.4) is 0 Å². The van der Waals surface area contributed by atoms with Crippen LogP contribution in [0.25, 0.3) is 44.4 Å². The average Bonchev–Trinajstić information content (AvgIpc) is 3.68. The average molecular weight is 790 g/mol. The molecule has 3 heterocycles. The van der Waals surface area contributed by atoms with Crippen LogP contribution in [0.4, 0.5) is 0 Å². The summed E-state index contributed by atoms with van der Waals surface area (Å²) in [5, 5.41) is 6.78. The number of hydrogen-bond acceptors (Lipinski definition) is 6. The first-order valence-corrected chi connectivity index (χ1v) is 14.4. The Morgan fingerprint density at radius 1 is 0.739 bits per heavy atom. The van der Waals surface area contributed by atoms with Gasteiger partial charge in [0.1, 0.15) is 23.1 Å². The molecule has 9 heteroatoms. The van der Waals surface area contributed by atoms with Gasteiger partial charge in [0.2, 0.25) is 0 Å². The number of benzene rings is 4. The van der Waals surface area contributed by atoms with Crippen molar-refractivity contribution in [3.63, 3.8) is 0 Å². The number of para-hydroxylation sites is 1. The van der Waals surface area contributed by atoms with Gasteiger partial charge in [-0.25, -0.2) is 4.98 Å². The molecule has 8 nitrogen and oxygen atoms in total. The topological polar surface area (TPSA) is 72.6 Å². The molecule has 0 saturated carbocycles. The Morgan fingerprint density at radius 2 is 1.50 bits per heavy atom. The van der Waals surface area contributed by atoms with Crippen LogP contribution in [0, 0.1) is 26.0 Å². The number of hydrogen-bond donors (Lipinski definition) is 0. The van der Waals surface area contributed by atoms with Gasteiger partial charge in [-0.05, 0) is 54.2 Å². The Balaban J connectivity index is 0.00000372. The molecule has 0 fully saturated rings. The van der Waals surface area contributed by atoms with Gasteiger partial charge in [-0.3, -0.25) is 4.68 Å². The van der Waals surface area contributed by atoms with Gasteiger partial charge in [-0.1, -0.05) is 23.7 Å². The fraction of sp³-hybridized carbons (Fsp3) is 0.135. The van der Waals surface area contributed by atoms with Gasteiger partial charge in [0.25, 0.3) is 0 Å². The van der Waals surface area contributed by atoms with Crippen LogP contribution in [0.1, 0.15) is 11.1 Å². The van der Waals surface area contributed by atoms with Gasteiger partial charge in [-0.15, -0.1) is 35.7 Å². The second-order valence-electron chi connectivity index (χ2n) is 10.6. The standard InChI is InChI=1S/C37H30N4O4.Pt/c1-23-17-24(2)37(44-5)35(36(23)43-4)25-21-39-40(22-25)26-9-8-10-28(18-26)45-29-13-14-31-30-11-6-7-12-32(30)41(33(31)19-29)34-20-27(42-3)15-16-38-34;/h6-17,20-22H,1-5H3;/q-2;+2. The van der Waals surface area contributed by atoms with Crippen LogP contribution in [0.15, 0.2) is 91.4 Å². The van der Waals surface area contributed by atoms with Gasteiger partial charge in [0.15, 0.2) is 0 Å². The zero-order valence-electron chi connectivity index (χ0n) is 25.9. The van der Waals surface area contributed by atoms with Crippen molar-refractivity contribution < 1.29 is 40.0 Å². The Bertz CT molecular complexity index is 2180. The Labute approximate surface area is 281 Å². The van der Waals surface area contributed by atoms with Crippen molar-refractivity contribution in [3.8, 4) is 51.4 Å². The van der Waals surface area contributed by atoms with E-state index >= 15 is 0 Å². The molecule has 0 aliphatic carbocycles. The van der Waals surface area contributed by atoms with Gasteiger partial charge in [0.05, 0.1) is 33.1 Å². The number of aryl methyl sites for hydroxylation is 2. The van der Waals surface area contributed by atoms with Crippen LogP contribution in [-0.4, -0.2) is 40.7 Å². The largest absolute Gasteiger partial charge is 2.00 e. The molecule has 0 bridgehead atoms. The van der Waals surface area contributed by atoms with Crippen molar-refractivity contribution in [2.75, 3.05) is 21.3 Å². The zero-order valence-corrected chi connectivity index (χ0v) is 28.2. The quantitative estimate of drug-likeness (QED) is 0.145. The van der Waals surface area contributed by atoms with Gasteiger partial charge in [0, 0.05) is 41.0 Å². The molecule has 0 atom stereocenters. The van der Waals surface area contributed by atoms with E-state index in [1.807, 2.05) is 68.6 Å². The van der Waals surface area contributed by atoms with Crippen molar-refractivity contribution in [1.29, 1.82) is 0 Å². The molecule has 46 heavy (non-hydrogen) atoms. The van der Waals surface area contributed by atoms with Crippen LogP contribution in [0.5, 0.6) is 28.7 Å². The molecular formula is C37H30N4O4Pt. The fourth-order valence-electron chi connectivity index (χ4n) is 5.89. The number of aromatic nitrogens is 4. The summed E-state index contributed by atoms with van der Waals surface area (Å²) < 4.78 is 27.2. The molecule has 0 spiro atoms. The number of nitrogens with zero attached hydrogens (tertiary/aromatic N) is 4. The zero-order chi connectivity index (χ0) is 31.1. The van der Waals surface area contributed by atoms with Crippen molar-refractivity contribution >= 4 is 21.8 Å². The first kappa shape index (κ1) is 30.9. The van der Waals surface area contributed by atoms with E-state index in [4.69, 9.17) is 18.9 Å². The summed E-state index contributed by atoms with van der Waals surface area (Å²) in [6.45, 7) is 4.05. The minimum atomic E-state index is 0. The normalized spacial score (nSPS) is 11.0. The van der Waals surface area contributed by atoms with Crippen molar-refractivity contribution in [2.45, 2.75) is 13.8 Å². The molecule has 0 aliphatic rings. The molecule has 3 aromatic heterocycles. The van der Waals surface area contributed by atoms with Crippen LogP contribution in [-0.2, 0) is 21.1 Å². The summed E-state index contributed by atoms with van der Waals surface area (Å²) in [7, 11) is 4.98. The van der Waals surface area contributed by atoms with Crippen molar-refractivity contribution in [2.24, 2.45) is 0 Å². The monoisotopic (exact) mass is 789 g/mol. The van der Waals surface area contributed by atoms with E-state index in [2.05, 4.69) is 51.0 Å². The van der Waals surface area contributed by atoms with Gasteiger partial charge >= 0.3 is 21.1 Å². The third kappa shape index (κ3) is 5.39. The molecular weight excluding hydrogens is 760 g/mol. The number of fused-ring (bicyclic) bond motifs is 3. The summed E-state index contributed by atoms with van der Waals surface area (Å²) in [6.07, 6.45) is 5.48. The van der Waals surface area contributed by atoms with E-state index in [0.717, 1.165) is 72.8 Å². The number of pyridine rings is 1. The van der Waals surface area contributed by atoms with E-state index < -0.39 is 0 Å². The number of methoxy groups -OCH3 is 3. The summed E-state index contributed by atoms with van der Waals surface area (Å²) >= 11 is 0. The molecule has 7 aromatic rings. The van der Waals surface area contributed by atoms with Crippen molar-refractivity contribution in [3.05, 3.63) is 115 Å². The molecule has 0 N–H and O–H groups in total. The number of ether oxygens (including phenoxy) is 4. The second-order valence-corrected chi connectivity index (χ2v) is 10.6. The predicted molar refractivity (Wildman–Crippen MR) is 174 cm³/mol. The minimum Gasteiger partial charge on any atom is -0.509 e. The van der Waals surface area contributed by atoms with E-state index in [-0.39, 0.29) is 21.1 Å². The molecule has 4 aromatic carbocycles. The summed E-state index contributed by atoms with van der Waals surface area (Å²) in [5.41, 5.74) is 6.36. The SMILES string of the molecule is COc1ccnc(-n2c3[c-]c(Oc4[c-]c(-n5cc(-c6c(OC)c(C)cc(C)c6OC)cn5)ccc4)ccc3c3ccccc32)c1.[Pt+2]. The first-order chi connectivity index (χ1) is 22.0. The van der Waals surface area contributed by atoms with E-state index in [1.54, 1.807) is 38.4 Å². The van der Waals surface area contributed by atoms with Crippen molar-refractivity contribution in [1.82, 2.24) is 19.3 Å². The van der Waals surface area contributed by atoms with Crippen LogP contribution >= 0.6 is 0 Å². The second kappa shape index (κ2) is 12.7. The Morgan fingerprint density at radius 3 is 2.26 bits per heavy atom. The molecule has 0 unspecified atom stereocenters. The molecule has 0 radical (unpaired) electrons. The Hall–Kier alpha value is -5.07. The van der Waals surface area contributed by atoms with Crippen LogP contribution in [0.2, 0.25) is 0 Å². The van der Waals surface area contributed by atoms with E-state index in [0.29, 0.717) is 11.5 Å². The summed E-state index contributed by atoms with van der Waals surface area (Å²) in [6, 6.07) is 30.5. The fourth-order valence-corrected chi connectivity index (χ4v) is 5.89. The summed E-state index contributed by atoms with van der Waals surface area (Å²) in [5.74, 6) is 4.05. The molecule has 7 rings (SSSR count). The smallest absolute Gasteiger partial charge is 0.509 e. The first-order valence-electron chi connectivity index (χ1n) is 14.4. The molecule has 0 amide bonds. The van der Waals surface area contributed by atoms with Gasteiger partial charge < -0.3 is 23.5 Å². The molecule has 0 saturated heterocycles. The molecule has 232 valence electrons. The van der Waals surface area contributed by atoms with Gasteiger partial charge in [-0.2, -0.15) is 17.2 Å². The minimum absolute atomic E-state index is 0. The maximum absolute atomic E-state index is 6.33. The predicted octanol–water partition coefficient (Wildman–Crippen LogP) is 8.06. The number of rotatable bonds is 8. The van der Waals surface area contributed by atoms with E-state index in [1.165, 1.54) is 0 Å². The third-order valence-corrected chi connectivity index (χ3v) is 7.84.